The van der Waals surface area contributed by atoms with Gasteiger partial charge >= 0.3 is 6.36 Å². The summed E-state index contributed by atoms with van der Waals surface area (Å²) in [5.41, 5.74) is 3.10. The number of hydrogen-bond acceptors (Lipinski definition) is 9. The molecule has 0 unspecified atom stereocenters. The molecule has 0 radical (unpaired) electrons. The summed E-state index contributed by atoms with van der Waals surface area (Å²) in [5, 5.41) is 3.37. The van der Waals surface area contributed by atoms with E-state index in [4.69, 9.17) is 16.3 Å². The van der Waals surface area contributed by atoms with Gasteiger partial charge in [-0.25, -0.2) is 15.0 Å². The number of hydrogen-bond donors (Lipinski definition) is 1. The Hall–Kier alpha value is -4.30. The van der Waals surface area contributed by atoms with Crippen LogP contribution >= 0.6 is 22.9 Å². The standard InChI is InChI=1S/C26H20ClF3N6O4S/c1-12-4-22(40-26(28,29)30)33-7-16(12)24(38)36-10-18-20(11-36)41-25(34-18)35-23(37)17-8-31-13(2)5-14(17)15-6-21(27)32-9-19(15)39-3/h4-9H,10-11H2,1-3H3,(H,34,35,37). The van der Waals surface area contributed by atoms with Crippen molar-refractivity contribution >= 4 is 39.9 Å². The van der Waals surface area contributed by atoms with E-state index in [0.717, 1.165) is 17.1 Å². The van der Waals surface area contributed by atoms with Crippen LogP contribution in [0.15, 0.2) is 36.8 Å². The minimum absolute atomic E-state index is 0.147. The average molecular weight is 605 g/mol. The van der Waals surface area contributed by atoms with E-state index in [1.54, 1.807) is 19.1 Å². The Kier molecular flexibility index (Phi) is 7.53. The lowest BCUT2D eigenvalue weighted by Crippen LogP contribution is -2.26. The molecule has 0 saturated heterocycles. The second kappa shape index (κ2) is 10.9. The highest BCUT2D eigenvalue weighted by atomic mass is 35.5. The van der Waals surface area contributed by atoms with Crippen LogP contribution in [0.4, 0.5) is 18.3 Å². The number of pyridine rings is 3. The van der Waals surface area contributed by atoms with Crippen molar-refractivity contribution in [1.82, 2.24) is 24.8 Å². The molecular weight excluding hydrogens is 585 g/mol. The number of carbonyl (C=O) groups is 2. The number of aryl methyl sites for hydroxylation is 2. The van der Waals surface area contributed by atoms with Crippen LogP contribution in [0, 0.1) is 13.8 Å². The molecule has 41 heavy (non-hydrogen) atoms. The summed E-state index contributed by atoms with van der Waals surface area (Å²) in [6.07, 6.45) is -0.904. The predicted octanol–water partition coefficient (Wildman–Crippen LogP) is 5.58. The van der Waals surface area contributed by atoms with Gasteiger partial charge in [0.05, 0.1) is 48.1 Å². The Morgan fingerprint density at radius 1 is 1.02 bits per heavy atom. The molecule has 5 heterocycles. The summed E-state index contributed by atoms with van der Waals surface area (Å²) >= 11 is 7.33. The Morgan fingerprint density at radius 3 is 2.46 bits per heavy atom. The molecule has 2 amide bonds. The quantitative estimate of drug-likeness (QED) is 0.283. The van der Waals surface area contributed by atoms with Gasteiger partial charge in [0, 0.05) is 35.3 Å². The minimum Gasteiger partial charge on any atom is -0.494 e. The second-order valence-electron chi connectivity index (χ2n) is 8.97. The van der Waals surface area contributed by atoms with Crippen molar-refractivity contribution in [3.63, 3.8) is 0 Å². The number of nitrogens with one attached hydrogen (secondary N) is 1. The Balaban J connectivity index is 1.31. The molecule has 0 saturated carbocycles. The SMILES string of the molecule is COc1cnc(Cl)cc1-c1cc(C)ncc1C(=O)Nc1nc2c(s1)CN(C(=O)c1cnc(OC(F)(F)F)cc1C)C2. The molecule has 0 atom stereocenters. The third kappa shape index (κ3) is 6.07. The molecule has 5 rings (SSSR count). The lowest BCUT2D eigenvalue weighted by molar-refractivity contribution is -0.276. The molecule has 0 aliphatic carbocycles. The number of nitrogens with zero attached hydrogens (tertiary/aromatic N) is 5. The molecule has 1 aliphatic rings. The van der Waals surface area contributed by atoms with E-state index in [0.29, 0.717) is 33.4 Å². The maximum atomic E-state index is 13.3. The van der Waals surface area contributed by atoms with Gasteiger partial charge in [-0.15, -0.1) is 13.2 Å². The fourth-order valence-corrected chi connectivity index (χ4v) is 5.39. The molecule has 15 heteroatoms. The highest BCUT2D eigenvalue weighted by Crippen LogP contribution is 2.36. The van der Waals surface area contributed by atoms with Crippen molar-refractivity contribution in [2.24, 2.45) is 0 Å². The molecule has 0 fully saturated rings. The summed E-state index contributed by atoms with van der Waals surface area (Å²) in [5.74, 6) is -1.08. The zero-order valence-corrected chi connectivity index (χ0v) is 23.2. The highest BCUT2D eigenvalue weighted by molar-refractivity contribution is 7.16. The summed E-state index contributed by atoms with van der Waals surface area (Å²) in [6, 6.07) is 4.40. The molecule has 0 spiro atoms. The van der Waals surface area contributed by atoms with Crippen LogP contribution < -0.4 is 14.8 Å². The molecule has 0 bridgehead atoms. The largest absolute Gasteiger partial charge is 0.574 e. The van der Waals surface area contributed by atoms with Crippen molar-refractivity contribution in [2.75, 3.05) is 12.4 Å². The number of fused-ring (bicyclic) bond motifs is 1. The van der Waals surface area contributed by atoms with Crippen LogP contribution in [-0.4, -0.2) is 50.1 Å². The Labute approximate surface area is 240 Å². The van der Waals surface area contributed by atoms with Gasteiger partial charge in [0.25, 0.3) is 11.8 Å². The minimum atomic E-state index is -4.88. The Morgan fingerprint density at radius 2 is 1.78 bits per heavy atom. The summed E-state index contributed by atoms with van der Waals surface area (Å²) in [4.78, 5) is 45.0. The fraction of sp³-hybridized carbons (Fsp3) is 0.231. The third-order valence-corrected chi connectivity index (χ3v) is 7.33. The molecule has 1 aliphatic heterocycles. The smallest absolute Gasteiger partial charge is 0.494 e. The van der Waals surface area contributed by atoms with Crippen molar-refractivity contribution in [1.29, 1.82) is 0 Å². The lowest BCUT2D eigenvalue weighted by Gasteiger charge is -2.17. The van der Waals surface area contributed by atoms with E-state index in [1.165, 1.54) is 42.7 Å². The van der Waals surface area contributed by atoms with Gasteiger partial charge in [0.2, 0.25) is 5.88 Å². The molecule has 1 N–H and O–H groups in total. The van der Waals surface area contributed by atoms with Crippen LogP contribution in [-0.2, 0) is 13.1 Å². The predicted molar refractivity (Wildman–Crippen MR) is 143 cm³/mol. The zero-order chi connectivity index (χ0) is 29.5. The normalized spacial score (nSPS) is 12.7. The van der Waals surface area contributed by atoms with E-state index < -0.39 is 24.1 Å². The molecule has 212 valence electrons. The van der Waals surface area contributed by atoms with Crippen molar-refractivity contribution in [3.05, 3.63) is 74.9 Å². The van der Waals surface area contributed by atoms with E-state index in [-0.39, 0.29) is 34.9 Å². The van der Waals surface area contributed by atoms with E-state index >= 15 is 0 Å². The van der Waals surface area contributed by atoms with Crippen LogP contribution in [0.2, 0.25) is 5.15 Å². The third-order valence-electron chi connectivity index (χ3n) is 6.13. The van der Waals surface area contributed by atoms with Gasteiger partial charge in [0.1, 0.15) is 10.9 Å². The molecular formula is C26H20ClF3N6O4S. The van der Waals surface area contributed by atoms with Crippen LogP contribution in [0.25, 0.3) is 11.1 Å². The summed E-state index contributed by atoms with van der Waals surface area (Å²) < 4.78 is 46.7. The zero-order valence-electron chi connectivity index (χ0n) is 21.7. The number of methoxy groups -OCH3 is 1. The number of aromatic nitrogens is 4. The van der Waals surface area contributed by atoms with E-state index in [2.05, 4.69) is 30.0 Å². The number of thiazole rings is 1. The summed E-state index contributed by atoms with van der Waals surface area (Å²) in [7, 11) is 1.49. The van der Waals surface area contributed by atoms with Crippen LogP contribution in [0.3, 0.4) is 0 Å². The number of ether oxygens (including phenoxy) is 2. The number of anilines is 1. The summed E-state index contributed by atoms with van der Waals surface area (Å²) in [6.45, 7) is 3.66. The number of amides is 2. The first-order valence-electron chi connectivity index (χ1n) is 11.9. The van der Waals surface area contributed by atoms with Gasteiger partial charge in [-0.1, -0.05) is 22.9 Å². The van der Waals surface area contributed by atoms with Crippen molar-refractivity contribution < 1.29 is 32.2 Å². The first-order valence-corrected chi connectivity index (χ1v) is 13.1. The van der Waals surface area contributed by atoms with Crippen molar-refractivity contribution in [3.8, 4) is 22.8 Å². The molecule has 4 aromatic rings. The van der Waals surface area contributed by atoms with Gasteiger partial charge < -0.3 is 14.4 Å². The van der Waals surface area contributed by atoms with Crippen molar-refractivity contribution in [2.45, 2.75) is 33.3 Å². The number of alkyl halides is 3. The first-order chi connectivity index (χ1) is 19.4. The van der Waals surface area contributed by atoms with E-state index in [1.807, 2.05) is 0 Å². The topological polar surface area (TPSA) is 119 Å². The molecule has 4 aromatic heterocycles. The highest BCUT2D eigenvalue weighted by Gasteiger charge is 2.33. The van der Waals surface area contributed by atoms with Crippen LogP contribution in [0.5, 0.6) is 11.6 Å². The fourth-order valence-electron chi connectivity index (χ4n) is 4.25. The van der Waals surface area contributed by atoms with Gasteiger partial charge in [-0.05, 0) is 31.5 Å². The van der Waals surface area contributed by atoms with E-state index in [9.17, 15) is 22.8 Å². The number of carbonyl (C=O) groups excluding carboxylic acids is 2. The first kappa shape index (κ1) is 28.2. The van der Waals surface area contributed by atoms with Gasteiger partial charge in [0.15, 0.2) is 5.13 Å². The second-order valence-corrected chi connectivity index (χ2v) is 10.4. The van der Waals surface area contributed by atoms with Crippen LogP contribution in [0.1, 0.15) is 42.5 Å². The maximum Gasteiger partial charge on any atom is 0.574 e. The average Bonchev–Trinajstić information content (AvgIpc) is 3.46. The maximum absolute atomic E-state index is 13.3. The van der Waals surface area contributed by atoms with Gasteiger partial charge in [-0.3, -0.25) is 19.9 Å². The molecule has 10 nitrogen and oxygen atoms in total. The number of halogens is 4. The number of rotatable bonds is 6. The lowest BCUT2D eigenvalue weighted by atomic mass is 10.0. The van der Waals surface area contributed by atoms with Gasteiger partial charge in [-0.2, -0.15) is 0 Å². The molecule has 0 aromatic carbocycles. The Bertz CT molecular complexity index is 1660. The monoisotopic (exact) mass is 604 g/mol.